The summed E-state index contributed by atoms with van der Waals surface area (Å²) in [5.74, 6) is -1.24. The molecule has 12 heavy (non-hydrogen) atoms. The van der Waals surface area contributed by atoms with Gasteiger partial charge in [-0.2, -0.15) is 0 Å². The Hall–Kier alpha value is 0.351. The van der Waals surface area contributed by atoms with E-state index < -0.39 is 5.97 Å². The van der Waals surface area contributed by atoms with Gasteiger partial charge < -0.3 is 28.0 Å². The predicted octanol–water partition coefficient (Wildman–Crippen LogP) is -3.74. The molecule has 5 heteroatoms. The number of aromatic carboxylic acids is 1. The summed E-state index contributed by atoms with van der Waals surface area (Å²) in [5.41, 5.74) is 5.58. The summed E-state index contributed by atoms with van der Waals surface area (Å²) in [6.45, 7) is 0. The quantitative estimate of drug-likeness (QED) is 0.428. The molecule has 3 nitrogen and oxygen atoms in total. The van der Waals surface area contributed by atoms with Crippen LogP contribution in [0.3, 0.4) is 0 Å². The van der Waals surface area contributed by atoms with Crippen molar-refractivity contribution in [1.82, 2.24) is 0 Å². The minimum absolute atomic E-state index is 0. The minimum atomic E-state index is -1.24. The number of nitrogens with two attached hydrogens (primary N) is 1. The number of hydrogen-bond donors (Lipinski definition) is 1. The van der Waals surface area contributed by atoms with Gasteiger partial charge in [-0.05, 0) is 6.07 Å². The summed E-state index contributed by atoms with van der Waals surface area (Å²) < 4.78 is 0. The predicted molar refractivity (Wildman–Crippen MR) is 40.9 cm³/mol. The molecule has 1 aromatic rings. The van der Waals surface area contributed by atoms with Crippen molar-refractivity contribution in [2.75, 3.05) is 5.73 Å². The largest absolute Gasteiger partial charge is 2.00 e. The number of rotatable bonds is 1. The number of para-hydroxylation sites is 1. The first-order chi connectivity index (χ1) is 4.72. The molecular formula is C7H6BaClNO2. The van der Waals surface area contributed by atoms with Crippen molar-refractivity contribution in [3.8, 4) is 0 Å². The summed E-state index contributed by atoms with van der Waals surface area (Å²) in [7, 11) is 0. The van der Waals surface area contributed by atoms with Gasteiger partial charge in [-0.25, -0.2) is 0 Å². The van der Waals surface area contributed by atoms with E-state index in [2.05, 4.69) is 0 Å². The number of carbonyl (C=O) groups is 1. The normalized spacial score (nSPS) is 7.67. The molecule has 60 valence electrons. The molecule has 0 aliphatic rings. The van der Waals surface area contributed by atoms with Crippen LogP contribution in [0.4, 0.5) is 5.69 Å². The second-order valence-electron chi connectivity index (χ2n) is 1.87. The number of carboxylic acids is 1. The molecular weight excluding hydrogens is 303 g/mol. The number of halogens is 1. The average molecular weight is 309 g/mol. The zero-order valence-electron chi connectivity index (χ0n) is 6.29. The number of hydrogen-bond acceptors (Lipinski definition) is 3. The van der Waals surface area contributed by atoms with Crippen LogP contribution in [0.1, 0.15) is 10.4 Å². The van der Waals surface area contributed by atoms with E-state index in [4.69, 9.17) is 5.73 Å². The fourth-order valence-electron chi connectivity index (χ4n) is 0.683. The van der Waals surface area contributed by atoms with Crippen LogP contribution in [0, 0.1) is 0 Å². The summed E-state index contributed by atoms with van der Waals surface area (Å²) in [6.07, 6.45) is 0. The van der Waals surface area contributed by atoms with Gasteiger partial charge in [0.05, 0.1) is 5.97 Å². The Morgan fingerprint density at radius 3 is 2.17 bits per heavy atom. The Labute approximate surface area is 117 Å². The molecule has 1 aromatic carbocycles. The third-order valence-electron chi connectivity index (χ3n) is 1.18. The fraction of sp³-hybridized carbons (Fsp3) is 0. The van der Waals surface area contributed by atoms with Gasteiger partial charge in [0.1, 0.15) is 0 Å². The van der Waals surface area contributed by atoms with Crippen LogP contribution < -0.4 is 23.2 Å². The zero-order chi connectivity index (χ0) is 7.56. The average Bonchev–Trinajstić information content (AvgIpc) is 1.88. The van der Waals surface area contributed by atoms with Crippen LogP contribution >= 0.6 is 0 Å². The first-order valence-electron chi connectivity index (χ1n) is 2.77. The van der Waals surface area contributed by atoms with Gasteiger partial charge in [-0.15, -0.1) is 0 Å². The Bertz CT molecular complexity index is 267. The van der Waals surface area contributed by atoms with Crippen molar-refractivity contribution >= 4 is 60.5 Å². The van der Waals surface area contributed by atoms with Gasteiger partial charge in [0, 0.05) is 11.3 Å². The van der Waals surface area contributed by atoms with Crippen LogP contribution in [0.2, 0.25) is 0 Å². The third-order valence-corrected chi connectivity index (χ3v) is 1.18. The number of benzene rings is 1. The Morgan fingerprint density at radius 1 is 1.33 bits per heavy atom. The molecule has 0 spiro atoms. The Kier molecular flexibility index (Phi) is 8.45. The van der Waals surface area contributed by atoms with Crippen LogP contribution in [-0.4, -0.2) is 54.9 Å². The molecule has 0 fully saturated rings. The van der Waals surface area contributed by atoms with Crippen molar-refractivity contribution in [3.63, 3.8) is 0 Å². The standard InChI is InChI=1S/C7H7NO2.Ba.ClH/c8-6-4-2-1-3-5(6)7(9)10;;/h1-4H,8H2,(H,9,10);;1H/q;+2;/p-2. The molecule has 0 aliphatic heterocycles. The van der Waals surface area contributed by atoms with E-state index in [9.17, 15) is 9.90 Å². The van der Waals surface area contributed by atoms with Gasteiger partial charge >= 0.3 is 48.9 Å². The second kappa shape index (κ2) is 6.82. The number of carbonyl (C=O) groups excluding carboxylic acids is 1. The maximum absolute atomic E-state index is 10.2. The maximum atomic E-state index is 10.2. The summed E-state index contributed by atoms with van der Waals surface area (Å²) in [6, 6.07) is 6.19. The number of carboxylic acid groups (broad SMARTS) is 1. The van der Waals surface area contributed by atoms with Gasteiger partial charge in [0.15, 0.2) is 0 Å². The molecule has 1 rings (SSSR count). The molecule has 0 aromatic heterocycles. The zero-order valence-corrected chi connectivity index (χ0v) is 11.5. The van der Waals surface area contributed by atoms with Crippen molar-refractivity contribution in [1.29, 1.82) is 0 Å². The monoisotopic (exact) mass is 309 g/mol. The summed E-state index contributed by atoms with van der Waals surface area (Å²) >= 11 is 0. The van der Waals surface area contributed by atoms with E-state index in [-0.39, 0.29) is 72.5 Å². The van der Waals surface area contributed by atoms with Crippen LogP contribution in [-0.2, 0) is 0 Å². The van der Waals surface area contributed by atoms with E-state index in [0.717, 1.165) is 0 Å². The molecule has 0 saturated carbocycles. The molecule has 0 amide bonds. The molecule has 0 saturated heterocycles. The van der Waals surface area contributed by atoms with Crippen molar-refractivity contribution in [3.05, 3.63) is 29.8 Å². The van der Waals surface area contributed by atoms with Gasteiger partial charge in [-0.1, -0.05) is 18.2 Å². The van der Waals surface area contributed by atoms with E-state index in [1.807, 2.05) is 0 Å². The molecule has 0 aliphatic carbocycles. The van der Waals surface area contributed by atoms with Crippen molar-refractivity contribution in [2.45, 2.75) is 0 Å². The SMILES string of the molecule is Nc1ccccc1C(=O)[O-].[Ba+2].[Cl-]. The smallest absolute Gasteiger partial charge is 1.00 e. The topological polar surface area (TPSA) is 66.2 Å². The van der Waals surface area contributed by atoms with Gasteiger partial charge in [0.25, 0.3) is 0 Å². The molecule has 0 heterocycles. The number of nitrogen functional groups attached to an aromatic ring is 1. The molecule has 2 N–H and O–H groups in total. The second-order valence-corrected chi connectivity index (χ2v) is 1.87. The maximum Gasteiger partial charge on any atom is 2.00 e. The Morgan fingerprint density at radius 2 is 1.83 bits per heavy atom. The van der Waals surface area contributed by atoms with Gasteiger partial charge in [0.2, 0.25) is 0 Å². The van der Waals surface area contributed by atoms with Crippen LogP contribution in [0.15, 0.2) is 24.3 Å². The van der Waals surface area contributed by atoms with E-state index >= 15 is 0 Å². The first-order valence-corrected chi connectivity index (χ1v) is 2.77. The number of anilines is 1. The summed E-state index contributed by atoms with van der Waals surface area (Å²) in [5, 5.41) is 10.2. The molecule has 0 bridgehead atoms. The van der Waals surface area contributed by atoms with E-state index in [1.54, 1.807) is 12.1 Å². The molecule has 0 radical (unpaired) electrons. The van der Waals surface area contributed by atoms with E-state index in [0.29, 0.717) is 0 Å². The summed E-state index contributed by atoms with van der Waals surface area (Å²) in [4.78, 5) is 10.2. The van der Waals surface area contributed by atoms with Gasteiger partial charge in [-0.3, -0.25) is 0 Å². The third kappa shape index (κ3) is 3.84. The van der Waals surface area contributed by atoms with Crippen LogP contribution in [0.5, 0.6) is 0 Å². The van der Waals surface area contributed by atoms with E-state index in [1.165, 1.54) is 12.1 Å². The minimum Gasteiger partial charge on any atom is -1.00 e. The first kappa shape index (κ1) is 14.9. The Balaban J connectivity index is 0. The van der Waals surface area contributed by atoms with Crippen molar-refractivity contribution in [2.24, 2.45) is 0 Å². The molecule has 0 atom stereocenters. The van der Waals surface area contributed by atoms with Crippen LogP contribution in [0.25, 0.3) is 0 Å². The van der Waals surface area contributed by atoms with Crippen molar-refractivity contribution < 1.29 is 22.3 Å². The molecule has 0 unspecified atom stereocenters. The fourth-order valence-corrected chi connectivity index (χ4v) is 0.683.